The molecule has 3 heterocycles. The molecule has 3 fully saturated rings. The zero-order valence-corrected chi connectivity index (χ0v) is 21.4. The second kappa shape index (κ2) is 9.90. The number of aryl methyl sites for hydroxylation is 2. The third-order valence-corrected chi connectivity index (χ3v) is 8.30. The van der Waals surface area contributed by atoms with Gasteiger partial charge >= 0.3 is 0 Å². The summed E-state index contributed by atoms with van der Waals surface area (Å²) in [6, 6.07) is 5.01. The zero-order chi connectivity index (χ0) is 25.4. The van der Waals surface area contributed by atoms with E-state index in [2.05, 4.69) is 10.6 Å². The highest BCUT2D eigenvalue weighted by Crippen LogP contribution is 2.64. The van der Waals surface area contributed by atoms with Crippen LogP contribution in [0.5, 0.6) is 0 Å². The Kier molecular flexibility index (Phi) is 7.25. The van der Waals surface area contributed by atoms with E-state index in [1.807, 2.05) is 45.9 Å². The Bertz CT molecular complexity index is 977. The number of carbonyl (C=O) groups excluding carboxylic acids is 3. The maximum Gasteiger partial charge on any atom is 0.250 e. The standard InChI is InChI=1S/C27H39N3O5/c1-5-14-28-23(32)19-20-25(34)30(15-7-8-16-31)22(27(20)13-12-26(19,6-2)35-27)24(33)29-21-17(3)10-9-11-18(21)4/h9-11,19-20,22,31H,5-8,12-16H2,1-4H3,(H,28,32)(H,29,33)/t19-,20+,22?,26+,27?/m1/s1. The van der Waals surface area contributed by atoms with E-state index >= 15 is 0 Å². The molecule has 0 aromatic heterocycles. The molecule has 0 saturated carbocycles. The number of hydrogen-bond donors (Lipinski definition) is 3. The minimum atomic E-state index is -1.03. The molecule has 2 bridgehead atoms. The molecule has 0 aliphatic carbocycles. The lowest BCUT2D eigenvalue weighted by atomic mass is 9.65. The Morgan fingerprint density at radius 1 is 1.14 bits per heavy atom. The molecule has 2 unspecified atom stereocenters. The van der Waals surface area contributed by atoms with E-state index in [1.54, 1.807) is 4.90 Å². The highest BCUT2D eigenvalue weighted by molar-refractivity contribution is 6.04. The van der Waals surface area contributed by atoms with Crippen LogP contribution < -0.4 is 10.6 Å². The van der Waals surface area contributed by atoms with Gasteiger partial charge in [-0.15, -0.1) is 0 Å². The summed E-state index contributed by atoms with van der Waals surface area (Å²) in [5, 5.41) is 15.4. The molecule has 5 atom stereocenters. The Morgan fingerprint density at radius 2 is 1.86 bits per heavy atom. The van der Waals surface area contributed by atoms with Crippen LogP contribution in [-0.4, -0.2) is 64.7 Å². The van der Waals surface area contributed by atoms with Gasteiger partial charge in [0.2, 0.25) is 17.7 Å². The van der Waals surface area contributed by atoms with Crippen LogP contribution in [0, 0.1) is 25.7 Å². The van der Waals surface area contributed by atoms with Crippen molar-refractivity contribution in [1.29, 1.82) is 0 Å². The minimum Gasteiger partial charge on any atom is -0.396 e. The molecule has 35 heavy (non-hydrogen) atoms. The maximum atomic E-state index is 13.9. The second-order valence-electron chi connectivity index (χ2n) is 10.3. The van der Waals surface area contributed by atoms with Crippen molar-refractivity contribution in [3.05, 3.63) is 29.3 Å². The lowest BCUT2D eigenvalue weighted by Crippen LogP contribution is -2.53. The van der Waals surface area contributed by atoms with Crippen molar-refractivity contribution in [3.63, 3.8) is 0 Å². The summed E-state index contributed by atoms with van der Waals surface area (Å²) in [6.07, 6.45) is 3.73. The predicted molar refractivity (Wildman–Crippen MR) is 133 cm³/mol. The molecule has 3 aliphatic heterocycles. The molecule has 3 aliphatic rings. The number of para-hydroxylation sites is 1. The van der Waals surface area contributed by atoms with Gasteiger partial charge in [-0.2, -0.15) is 0 Å². The van der Waals surface area contributed by atoms with E-state index in [1.165, 1.54) is 0 Å². The largest absolute Gasteiger partial charge is 0.396 e. The summed E-state index contributed by atoms with van der Waals surface area (Å²) in [5.41, 5.74) is 0.882. The minimum absolute atomic E-state index is 0.0212. The lowest BCUT2D eigenvalue weighted by Gasteiger charge is -2.34. The van der Waals surface area contributed by atoms with E-state index in [4.69, 9.17) is 4.74 Å². The predicted octanol–water partition coefficient (Wildman–Crippen LogP) is 2.70. The average Bonchev–Trinajstić information content (AvgIpc) is 3.44. The number of hydrogen-bond acceptors (Lipinski definition) is 5. The van der Waals surface area contributed by atoms with Crippen molar-refractivity contribution in [1.82, 2.24) is 10.2 Å². The lowest BCUT2D eigenvalue weighted by molar-refractivity contribution is -0.146. The summed E-state index contributed by atoms with van der Waals surface area (Å²) in [4.78, 5) is 42.9. The number of amides is 3. The van der Waals surface area contributed by atoms with Gasteiger partial charge in [-0.05, 0) is 63.5 Å². The van der Waals surface area contributed by atoms with Crippen molar-refractivity contribution in [2.24, 2.45) is 11.8 Å². The fourth-order valence-corrected chi connectivity index (χ4v) is 6.61. The first-order chi connectivity index (χ1) is 16.8. The van der Waals surface area contributed by atoms with E-state index in [9.17, 15) is 19.5 Å². The first-order valence-electron chi connectivity index (χ1n) is 13.0. The second-order valence-corrected chi connectivity index (χ2v) is 10.3. The first kappa shape index (κ1) is 25.6. The Morgan fingerprint density at radius 3 is 2.49 bits per heavy atom. The van der Waals surface area contributed by atoms with Crippen LogP contribution in [0.2, 0.25) is 0 Å². The van der Waals surface area contributed by atoms with Crippen molar-refractivity contribution < 1.29 is 24.2 Å². The van der Waals surface area contributed by atoms with Crippen molar-refractivity contribution in [2.75, 3.05) is 25.0 Å². The van der Waals surface area contributed by atoms with E-state index < -0.39 is 29.1 Å². The van der Waals surface area contributed by atoms with Crippen molar-refractivity contribution in [2.45, 2.75) is 83.5 Å². The summed E-state index contributed by atoms with van der Waals surface area (Å²) in [5.74, 6) is -1.91. The van der Waals surface area contributed by atoms with Crippen LogP contribution in [0.3, 0.4) is 0 Å². The number of anilines is 1. The average molecular weight is 486 g/mol. The molecule has 1 aromatic carbocycles. The molecule has 192 valence electrons. The molecule has 8 heteroatoms. The van der Waals surface area contributed by atoms with Crippen LogP contribution >= 0.6 is 0 Å². The quantitative estimate of drug-likeness (QED) is 0.442. The van der Waals surface area contributed by atoms with Gasteiger partial charge in [0.1, 0.15) is 11.6 Å². The van der Waals surface area contributed by atoms with Gasteiger partial charge in [0, 0.05) is 25.4 Å². The Hall–Kier alpha value is -2.45. The number of aliphatic hydroxyl groups excluding tert-OH is 1. The smallest absolute Gasteiger partial charge is 0.250 e. The highest BCUT2D eigenvalue weighted by Gasteiger charge is 2.78. The molecule has 3 N–H and O–H groups in total. The summed E-state index contributed by atoms with van der Waals surface area (Å²) < 4.78 is 6.74. The fraction of sp³-hybridized carbons (Fsp3) is 0.667. The SMILES string of the molecule is CCCNC(=O)[C@H]1[C@H]2C(=O)N(CCCCO)C(C(=O)Nc3c(C)cccc3C)C23CC[C@]1(CC)O3. The highest BCUT2D eigenvalue weighted by atomic mass is 16.5. The van der Waals surface area contributed by atoms with Gasteiger partial charge in [0.05, 0.1) is 17.4 Å². The fourth-order valence-electron chi connectivity index (χ4n) is 6.61. The molecule has 1 aromatic rings. The van der Waals surface area contributed by atoms with E-state index in [0.29, 0.717) is 45.2 Å². The number of carbonyl (C=O) groups is 3. The van der Waals surface area contributed by atoms with Gasteiger partial charge in [-0.25, -0.2) is 0 Å². The summed E-state index contributed by atoms with van der Waals surface area (Å²) >= 11 is 0. The van der Waals surface area contributed by atoms with Gasteiger partial charge < -0.3 is 25.4 Å². The van der Waals surface area contributed by atoms with E-state index in [0.717, 1.165) is 23.2 Å². The zero-order valence-electron chi connectivity index (χ0n) is 21.4. The van der Waals surface area contributed by atoms with Crippen LogP contribution in [0.4, 0.5) is 5.69 Å². The van der Waals surface area contributed by atoms with Crippen LogP contribution in [0.15, 0.2) is 18.2 Å². The molecule has 8 nitrogen and oxygen atoms in total. The third kappa shape index (κ3) is 4.04. The monoisotopic (exact) mass is 485 g/mol. The maximum absolute atomic E-state index is 13.9. The molecule has 3 saturated heterocycles. The number of ether oxygens (including phenoxy) is 1. The number of likely N-dealkylation sites (tertiary alicyclic amines) is 1. The van der Waals surface area contributed by atoms with Crippen LogP contribution in [0.1, 0.15) is 63.5 Å². The van der Waals surface area contributed by atoms with E-state index in [-0.39, 0.29) is 24.3 Å². The molecular weight excluding hydrogens is 446 g/mol. The number of nitrogens with one attached hydrogen (secondary N) is 2. The Balaban J connectivity index is 1.73. The Labute approximate surface area is 207 Å². The number of unbranched alkanes of at least 4 members (excludes halogenated alkanes) is 1. The van der Waals surface area contributed by atoms with Crippen LogP contribution in [0.25, 0.3) is 0 Å². The molecule has 4 rings (SSSR count). The molecule has 0 radical (unpaired) electrons. The number of rotatable bonds is 10. The van der Waals surface area contributed by atoms with Gasteiger partial charge in [0.25, 0.3) is 0 Å². The van der Waals surface area contributed by atoms with Crippen molar-refractivity contribution in [3.8, 4) is 0 Å². The summed E-state index contributed by atoms with van der Waals surface area (Å²) in [7, 11) is 0. The number of aliphatic hydroxyl groups is 1. The van der Waals surface area contributed by atoms with Crippen molar-refractivity contribution >= 4 is 23.4 Å². The summed E-state index contributed by atoms with van der Waals surface area (Å²) in [6.45, 7) is 8.78. The molecule has 3 amide bonds. The normalized spacial score (nSPS) is 31.1. The first-order valence-corrected chi connectivity index (χ1v) is 13.0. The number of benzene rings is 1. The third-order valence-electron chi connectivity index (χ3n) is 8.30. The van der Waals surface area contributed by atoms with Gasteiger partial charge in [-0.3, -0.25) is 14.4 Å². The number of fused-ring (bicyclic) bond motifs is 1. The molecular formula is C27H39N3O5. The topological polar surface area (TPSA) is 108 Å². The van der Waals surface area contributed by atoms with Gasteiger partial charge in [-0.1, -0.05) is 32.0 Å². The van der Waals surface area contributed by atoms with Gasteiger partial charge in [0.15, 0.2) is 0 Å². The molecule has 1 spiro atoms. The van der Waals surface area contributed by atoms with Crippen LogP contribution in [-0.2, 0) is 19.1 Å². The number of nitrogens with zero attached hydrogens (tertiary/aromatic N) is 1.